The molecule has 55 heavy (non-hydrogen) atoms. The van der Waals surface area contributed by atoms with Crippen LogP contribution in [0.3, 0.4) is 0 Å². The molecule has 2 aromatic heterocycles. The van der Waals surface area contributed by atoms with Gasteiger partial charge in [-0.1, -0.05) is 188 Å². The second-order valence-electron chi connectivity index (χ2n) is 13.6. The zero-order valence-electron chi connectivity index (χ0n) is 29.8. The Bertz CT molecular complexity index is 2930. The Labute approximate surface area is 323 Å². The van der Waals surface area contributed by atoms with Crippen LogP contribution in [-0.2, 0) is 0 Å². The fraction of sp³-hybridized carbons (Fsp3) is 0. The van der Waals surface area contributed by atoms with E-state index in [4.69, 9.17) is 15.0 Å². The number of benzene rings is 8. The molecule has 0 N–H and O–H groups in total. The Hall–Kier alpha value is -7.01. The topological polar surface area (TPSA) is 38.7 Å². The molecule has 0 amide bonds. The third-order valence-corrected chi connectivity index (χ3v) is 11.3. The van der Waals surface area contributed by atoms with Crippen molar-refractivity contribution in [2.75, 3.05) is 0 Å². The van der Waals surface area contributed by atoms with Crippen LogP contribution in [0.4, 0.5) is 0 Å². The van der Waals surface area contributed by atoms with Gasteiger partial charge in [0.05, 0.1) is 0 Å². The summed E-state index contributed by atoms with van der Waals surface area (Å²) in [5.74, 6) is 1.91. The van der Waals surface area contributed by atoms with Crippen molar-refractivity contribution >= 4 is 31.5 Å². The first-order valence-electron chi connectivity index (χ1n) is 18.4. The number of thiophene rings is 1. The van der Waals surface area contributed by atoms with E-state index >= 15 is 0 Å². The predicted molar refractivity (Wildman–Crippen MR) is 231 cm³/mol. The van der Waals surface area contributed by atoms with Gasteiger partial charge in [0.15, 0.2) is 17.5 Å². The monoisotopic (exact) mass is 719 g/mol. The van der Waals surface area contributed by atoms with Gasteiger partial charge in [-0.2, -0.15) is 0 Å². The van der Waals surface area contributed by atoms with Gasteiger partial charge in [0, 0.05) is 36.9 Å². The van der Waals surface area contributed by atoms with E-state index in [-0.39, 0.29) is 0 Å². The molecule has 0 radical (unpaired) electrons. The van der Waals surface area contributed by atoms with Gasteiger partial charge in [-0.25, -0.2) is 15.0 Å². The van der Waals surface area contributed by atoms with Gasteiger partial charge in [-0.15, -0.1) is 11.3 Å². The smallest absolute Gasteiger partial charge is 0.164 e. The Morgan fingerprint density at radius 1 is 0.255 bits per heavy atom. The van der Waals surface area contributed by atoms with E-state index in [1.807, 2.05) is 29.5 Å². The molecule has 8 aromatic carbocycles. The van der Waals surface area contributed by atoms with Crippen LogP contribution in [0.15, 0.2) is 200 Å². The van der Waals surface area contributed by atoms with Crippen molar-refractivity contribution in [1.29, 1.82) is 0 Å². The van der Waals surface area contributed by atoms with Crippen molar-refractivity contribution in [1.82, 2.24) is 15.0 Å². The highest BCUT2D eigenvalue weighted by Gasteiger charge is 2.16. The van der Waals surface area contributed by atoms with Crippen LogP contribution < -0.4 is 0 Å². The molecule has 0 unspecified atom stereocenters. The molecule has 258 valence electrons. The Kier molecular flexibility index (Phi) is 8.36. The van der Waals surface area contributed by atoms with Crippen LogP contribution in [0.5, 0.6) is 0 Å². The molecule has 10 rings (SSSR count). The minimum atomic E-state index is 0.632. The van der Waals surface area contributed by atoms with E-state index in [2.05, 4.69) is 182 Å². The van der Waals surface area contributed by atoms with Gasteiger partial charge < -0.3 is 0 Å². The molecular weight excluding hydrogens is 687 g/mol. The number of nitrogens with zero attached hydrogens (tertiary/aromatic N) is 3. The molecule has 2 heterocycles. The third kappa shape index (κ3) is 6.29. The maximum Gasteiger partial charge on any atom is 0.164 e. The highest BCUT2D eigenvalue weighted by atomic mass is 32.1. The summed E-state index contributed by atoms with van der Waals surface area (Å²) in [6.07, 6.45) is 0. The van der Waals surface area contributed by atoms with Crippen molar-refractivity contribution in [3.05, 3.63) is 200 Å². The quantitative estimate of drug-likeness (QED) is 0.165. The molecule has 0 spiro atoms. The molecule has 10 aromatic rings. The van der Waals surface area contributed by atoms with Crippen LogP contribution in [-0.4, -0.2) is 15.0 Å². The molecule has 0 atom stereocenters. The van der Waals surface area contributed by atoms with Crippen LogP contribution in [0.25, 0.3) is 98.8 Å². The average Bonchev–Trinajstić information content (AvgIpc) is 3.66. The number of fused-ring (bicyclic) bond motifs is 3. The minimum Gasteiger partial charge on any atom is -0.208 e. The first-order valence-corrected chi connectivity index (χ1v) is 19.3. The van der Waals surface area contributed by atoms with E-state index < -0.39 is 0 Å². The third-order valence-electron chi connectivity index (χ3n) is 10.2. The zero-order chi connectivity index (χ0) is 36.6. The van der Waals surface area contributed by atoms with Crippen molar-refractivity contribution in [2.45, 2.75) is 0 Å². The molecule has 3 nitrogen and oxygen atoms in total. The lowest BCUT2D eigenvalue weighted by molar-refractivity contribution is 1.07. The number of rotatable bonds is 7. The van der Waals surface area contributed by atoms with E-state index in [1.165, 1.54) is 36.9 Å². The minimum absolute atomic E-state index is 0.632. The van der Waals surface area contributed by atoms with Crippen LogP contribution in [0, 0.1) is 0 Å². The van der Waals surface area contributed by atoms with Gasteiger partial charge in [-0.3, -0.25) is 0 Å². The van der Waals surface area contributed by atoms with Crippen molar-refractivity contribution in [3.8, 4) is 78.7 Å². The van der Waals surface area contributed by atoms with Crippen LogP contribution >= 0.6 is 11.3 Å². The highest BCUT2D eigenvalue weighted by molar-refractivity contribution is 7.25. The van der Waals surface area contributed by atoms with Crippen molar-refractivity contribution in [2.24, 2.45) is 0 Å². The summed E-state index contributed by atoms with van der Waals surface area (Å²) < 4.78 is 2.64. The first kappa shape index (κ1) is 32.6. The molecule has 0 fully saturated rings. The standard InChI is InChI=1S/C51H33N3S/c1-3-12-34(13-4-1)35-24-30-40(31-25-35)49-52-50(54-51(53-49)44-17-8-7-16-42(44)38-14-5-2-6-15-38)41-32-26-37(27-33-41)36-22-28-39(29-23-36)43-19-11-21-47-48(43)45-18-9-10-20-46(45)55-47/h1-33H. The Balaban J connectivity index is 1.01. The molecule has 0 aliphatic rings. The normalized spacial score (nSPS) is 11.3. The molecule has 0 saturated carbocycles. The SMILES string of the molecule is c1ccc(-c2ccc(-c3nc(-c4ccc(-c5ccc(-c6cccc7sc8ccccc8c67)cc5)cc4)nc(-c4ccccc4-c4ccccc4)n3)cc2)cc1. The summed E-state index contributed by atoms with van der Waals surface area (Å²) in [5, 5.41) is 2.64. The lowest BCUT2D eigenvalue weighted by atomic mass is 9.96. The number of aromatic nitrogens is 3. The van der Waals surface area contributed by atoms with E-state index in [1.54, 1.807) is 0 Å². The lowest BCUT2D eigenvalue weighted by Crippen LogP contribution is -2.01. The lowest BCUT2D eigenvalue weighted by Gasteiger charge is -2.12. The summed E-state index contributed by atoms with van der Waals surface area (Å²) in [7, 11) is 0. The van der Waals surface area contributed by atoms with Crippen LogP contribution in [0.2, 0.25) is 0 Å². The van der Waals surface area contributed by atoms with E-state index in [0.29, 0.717) is 17.5 Å². The van der Waals surface area contributed by atoms with E-state index in [9.17, 15) is 0 Å². The van der Waals surface area contributed by atoms with Gasteiger partial charge in [0.1, 0.15) is 0 Å². The molecular formula is C51H33N3S. The van der Waals surface area contributed by atoms with Gasteiger partial charge in [0.2, 0.25) is 0 Å². The maximum absolute atomic E-state index is 5.12. The summed E-state index contributed by atoms with van der Waals surface area (Å²) in [6.45, 7) is 0. The molecule has 4 heteroatoms. The average molecular weight is 720 g/mol. The van der Waals surface area contributed by atoms with Gasteiger partial charge in [0.25, 0.3) is 0 Å². The molecule has 0 aliphatic carbocycles. The van der Waals surface area contributed by atoms with Crippen molar-refractivity contribution in [3.63, 3.8) is 0 Å². The molecule has 0 bridgehead atoms. The second kappa shape index (κ2) is 14.1. The van der Waals surface area contributed by atoms with Crippen molar-refractivity contribution < 1.29 is 0 Å². The maximum atomic E-state index is 5.12. The van der Waals surface area contributed by atoms with Gasteiger partial charge in [-0.05, 0) is 56.6 Å². The number of hydrogen-bond donors (Lipinski definition) is 0. The summed E-state index contributed by atoms with van der Waals surface area (Å²) in [4.78, 5) is 15.3. The van der Waals surface area contributed by atoms with Gasteiger partial charge >= 0.3 is 0 Å². The molecule has 0 saturated heterocycles. The largest absolute Gasteiger partial charge is 0.208 e. The summed E-state index contributed by atoms with van der Waals surface area (Å²) in [5.41, 5.74) is 12.1. The second-order valence-corrected chi connectivity index (χ2v) is 14.7. The molecule has 0 aliphatic heterocycles. The fourth-order valence-electron chi connectivity index (χ4n) is 7.41. The Morgan fingerprint density at radius 2 is 0.655 bits per heavy atom. The Morgan fingerprint density at radius 3 is 1.27 bits per heavy atom. The zero-order valence-corrected chi connectivity index (χ0v) is 30.6. The first-order chi connectivity index (χ1) is 27.2. The summed E-state index contributed by atoms with van der Waals surface area (Å²) in [6, 6.07) is 70.4. The predicted octanol–water partition coefficient (Wildman–Crippen LogP) is 13.9. The number of hydrogen-bond acceptors (Lipinski definition) is 4. The highest BCUT2D eigenvalue weighted by Crippen LogP contribution is 2.40. The van der Waals surface area contributed by atoms with Crippen LogP contribution in [0.1, 0.15) is 0 Å². The fourth-order valence-corrected chi connectivity index (χ4v) is 8.55. The summed E-state index contributed by atoms with van der Waals surface area (Å²) >= 11 is 1.85. The van der Waals surface area contributed by atoms with E-state index in [0.717, 1.165) is 44.5 Å².